The average Bonchev–Trinajstić information content (AvgIpc) is 1.87. The minimum Gasteiger partial charge on any atom is -0.396 e. The zero-order valence-electron chi connectivity index (χ0n) is 5.33. The minimum atomic E-state index is -0.0802. The SMILES string of the molecule is NCC(S)C(N)CCO. The molecule has 0 aliphatic carbocycles. The van der Waals surface area contributed by atoms with Crippen LogP contribution in [-0.4, -0.2) is 29.5 Å². The molecule has 2 atom stereocenters. The van der Waals surface area contributed by atoms with Crippen molar-refractivity contribution in [1.29, 1.82) is 0 Å². The summed E-state index contributed by atoms with van der Waals surface area (Å²) in [6.45, 7) is 0.572. The number of hydrogen-bond donors (Lipinski definition) is 4. The van der Waals surface area contributed by atoms with Crippen LogP contribution in [0, 0.1) is 0 Å². The molecule has 0 spiro atoms. The van der Waals surface area contributed by atoms with E-state index >= 15 is 0 Å². The first-order valence-corrected chi connectivity index (χ1v) is 3.48. The van der Waals surface area contributed by atoms with Gasteiger partial charge in [0.05, 0.1) is 0 Å². The molecule has 0 fully saturated rings. The van der Waals surface area contributed by atoms with E-state index in [-0.39, 0.29) is 17.9 Å². The van der Waals surface area contributed by atoms with Gasteiger partial charge in [0.25, 0.3) is 0 Å². The quantitative estimate of drug-likeness (QED) is 0.387. The van der Waals surface area contributed by atoms with Gasteiger partial charge in [0, 0.05) is 24.4 Å². The summed E-state index contributed by atoms with van der Waals surface area (Å²) in [5.41, 5.74) is 10.8. The second-order valence-corrected chi connectivity index (χ2v) is 2.64. The van der Waals surface area contributed by atoms with Gasteiger partial charge in [-0.3, -0.25) is 0 Å². The van der Waals surface area contributed by atoms with Crippen LogP contribution >= 0.6 is 12.6 Å². The van der Waals surface area contributed by atoms with Crippen molar-refractivity contribution in [3.63, 3.8) is 0 Å². The molecule has 5 N–H and O–H groups in total. The fraction of sp³-hybridized carbons (Fsp3) is 1.00. The summed E-state index contributed by atoms with van der Waals surface area (Å²) in [7, 11) is 0. The first-order chi connectivity index (χ1) is 4.22. The molecule has 0 heterocycles. The number of aliphatic hydroxyl groups is 1. The lowest BCUT2D eigenvalue weighted by atomic mass is 10.1. The smallest absolute Gasteiger partial charge is 0.0446 e. The molecule has 9 heavy (non-hydrogen) atoms. The predicted molar refractivity (Wildman–Crippen MR) is 41.5 cm³/mol. The van der Waals surface area contributed by atoms with Gasteiger partial charge in [-0.1, -0.05) is 0 Å². The molecule has 56 valence electrons. The number of aliphatic hydroxyl groups excluding tert-OH is 1. The van der Waals surface area contributed by atoms with Gasteiger partial charge in [-0.25, -0.2) is 0 Å². The molecule has 0 aliphatic heterocycles. The zero-order chi connectivity index (χ0) is 7.28. The minimum absolute atomic E-state index is 0.0112. The van der Waals surface area contributed by atoms with Gasteiger partial charge in [0.2, 0.25) is 0 Å². The van der Waals surface area contributed by atoms with Crippen molar-refractivity contribution < 1.29 is 5.11 Å². The van der Waals surface area contributed by atoms with Gasteiger partial charge in [0.1, 0.15) is 0 Å². The third-order valence-corrected chi connectivity index (χ3v) is 1.79. The molecule has 0 amide bonds. The Hall–Kier alpha value is 0.230. The van der Waals surface area contributed by atoms with Gasteiger partial charge >= 0.3 is 0 Å². The fourth-order valence-electron chi connectivity index (χ4n) is 0.516. The van der Waals surface area contributed by atoms with Crippen molar-refractivity contribution in [3.8, 4) is 0 Å². The van der Waals surface area contributed by atoms with E-state index in [0.717, 1.165) is 0 Å². The third-order valence-electron chi connectivity index (χ3n) is 1.20. The highest BCUT2D eigenvalue weighted by Gasteiger charge is 2.09. The van der Waals surface area contributed by atoms with Crippen LogP contribution in [0.3, 0.4) is 0 Å². The number of thiol groups is 1. The largest absolute Gasteiger partial charge is 0.396 e. The van der Waals surface area contributed by atoms with Crippen molar-refractivity contribution in [2.24, 2.45) is 11.5 Å². The molecule has 0 radical (unpaired) electrons. The van der Waals surface area contributed by atoms with Crippen LogP contribution in [-0.2, 0) is 0 Å². The van der Waals surface area contributed by atoms with Crippen molar-refractivity contribution in [2.75, 3.05) is 13.2 Å². The monoisotopic (exact) mass is 150 g/mol. The Morgan fingerprint density at radius 2 is 2.11 bits per heavy atom. The first kappa shape index (κ1) is 9.23. The lowest BCUT2D eigenvalue weighted by Crippen LogP contribution is -2.36. The molecule has 0 aromatic heterocycles. The van der Waals surface area contributed by atoms with E-state index in [9.17, 15) is 0 Å². The van der Waals surface area contributed by atoms with Crippen molar-refractivity contribution in [3.05, 3.63) is 0 Å². The van der Waals surface area contributed by atoms with Crippen LogP contribution in [0.25, 0.3) is 0 Å². The molecule has 2 unspecified atom stereocenters. The van der Waals surface area contributed by atoms with Crippen LogP contribution in [0.4, 0.5) is 0 Å². The summed E-state index contributed by atoms with van der Waals surface area (Å²) in [6.07, 6.45) is 0.575. The third kappa shape index (κ3) is 3.75. The summed E-state index contributed by atoms with van der Waals surface area (Å²) in [5.74, 6) is 0. The molecule has 4 heteroatoms. The predicted octanol–water partition coefficient (Wildman–Crippen LogP) is -1.05. The molecule has 0 rings (SSSR count). The Balaban J connectivity index is 3.32. The van der Waals surface area contributed by atoms with Crippen molar-refractivity contribution in [2.45, 2.75) is 17.7 Å². The summed E-state index contributed by atoms with van der Waals surface area (Å²) in [5, 5.41) is 8.44. The van der Waals surface area contributed by atoms with Crippen LogP contribution < -0.4 is 11.5 Å². The highest BCUT2D eigenvalue weighted by molar-refractivity contribution is 7.81. The van der Waals surface area contributed by atoms with Crippen LogP contribution in [0.1, 0.15) is 6.42 Å². The Kier molecular flexibility index (Phi) is 5.18. The average molecular weight is 150 g/mol. The van der Waals surface area contributed by atoms with Gasteiger partial charge in [-0.15, -0.1) is 0 Å². The Morgan fingerprint density at radius 3 is 2.44 bits per heavy atom. The Bertz CT molecular complexity index is 72.0. The maximum Gasteiger partial charge on any atom is 0.0446 e. The van der Waals surface area contributed by atoms with E-state index in [0.29, 0.717) is 13.0 Å². The summed E-state index contributed by atoms with van der Waals surface area (Å²) < 4.78 is 0. The molecule has 0 saturated heterocycles. The zero-order valence-corrected chi connectivity index (χ0v) is 6.22. The van der Waals surface area contributed by atoms with E-state index in [2.05, 4.69) is 12.6 Å². The van der Waals surface area contributed by atoms with Crippen molar-refractivity contribution in [1.82, 2.24) is 0 Å². The summed E-state index contributed by atoms with van der Waals surface area (Å²) in [6, 6.07) is -0.0802. The van der Waals surface area contributed by atoms with Gasteiger partial charge < -0.3 is 16.6 Å². The van der Waals surface area contributed by atoms with E-state index in [1.165, 1.54) is 0 Å². The number of nitrogens with two attached hydrogens (primary N) is 2. The van der Waals surface area contributed by atoms with Crippen LogP contribution in [0.15, 0.2) is 0 Å². The van der Waals surface area contributed by atoms with E-state index in [1.54, 1.807) is 0 Å². The van der Waals surface area contributed by atoms with E-state index in [1.807, 2.05) is 0 Å². The Morgan fingerprint density at radius 1 is 1.56 bits per heavy atom. The van der Waals surface area contributed by atoms with E-state index < -0.39 is 0 Å². The summed E-state index contributed by atoms with van der Waals surface area (Å²) >= 11 is 4.10. The maximum absolute atomic E-state index is 8.43. The van der Waals surface area contributed by atoms with Gasteiger partial charge in [-0.2, -0.15) is 12.6 Å². The number of rotatable bonds is 4. The number of hydrogen-bond acceptors (Lipinski definition) is 4. The van der Waals surface area contributed by atoms with Gasteiger partial charge in [0.15, 0.2) is 0 Å². The lowest BCUT2D eigenvalue weighted by Gasteiger charge is -2.15. The lowest BCUT2D eigenvalue weighted by molar-refractivity contribution is 0.275. The highest BCUT2D eigenvalue weighted by Crippen LogP contribution is 2.00. The fourth-order valence-corrected chi connectivity index (χ4v) is 0.665. The van der Waals surface area contributed by atoms with Crippen LogP contribution in [0.5, 0.6) is 0 Å². The molecular weight excluding hydrogens is 136 g/mol. The van der Waals surface area contributed by atoms with Crippen molar-refractivity contribution >= 4 is 12.6 Å². The topological polar surface area (TPSA) is 72.3 Å². The highest BCUT2D eigenvalue weighted by atomic mass is 32.1. The second-order valence-electron chi connectivity index (χ2n) is 1.98. The van der Waals surface area contributed by atoms with E-state index in [4.69, 9.17) is 16.6 Å². The maximum atomic E-state index is 8.43. The molecule has 0 aromatic carbocycles. The molecule has 3 nitrogen and oxygen atoms in total. The molecule has 0 bridgehead atoms. The summed E-state index contributed by atoms with van der Waals surface area (Å²) in [4.78, 5) is 0. The second kappa shape index (κ2) is 5.05. The first-order valence-electron chi connectivity index (χ1n) is 2.97. The van der Waals surface area contributed by atoms with Gasteiger partial charge in [-0.05, 0) is 6.42 Å². The normalized spacial score (nSPS) is 17.3. The molecule has 0 aliphatic rings. The standard InChI is InChI=1S/C5H14N2OS/c6-3-5(9)4(7)1-2-8/h4-5,8-9H,1-3,6-7H2. The van der Waals surface area contributed by atoms with Crippen LogP contribution in [0.2, 0.25) is 0 Å². The molecular formula is C5H14N2OS. The molecule has 0 saturated carbocycles. The Labute approximate surface area is 60.8 Å². The molecule has 0 aromatic rings.